The molecule has 0 fully saturated rings. The number of anilines is 1. The molecule has 1 amide bonds. The van der Waals surface area contributed by atoms with E-state index in [0.29, 0.717) is 18.8 Å². The number of carbonyl (C=O) groups excluding carboxylic acids is 1. The van der Waals surface area contributed by atoms with Crippen molar-refractivity contribution in [2.24, 2.45) is 7.05 Å². The smallest absolute Gasteiger partial charge is 0.240 e. The van der Waals surface area contributed by atoms with Crippen molar-refractivity contribution < 1.29 is 13.2 Å². The molecule has 0 aliphatic rings. The monoisotopic (exact) mass is 330 g/mol. The number of amides is 1. The molecule has 7 nitrogen and oxygen atoms in total. The molecule has 1 rings (SSSR count). The van der Waals surface area contributed by atoms with Gasteiger partial charge in [-0.15, -0.1) is 0 Å². The second-order valence-electron chi connectivity index (χ2n) is 6.43. The largest absolute Gasteiger partial charge is 0.310 e. The Morgan fingerprint density at radius 3 is 2.41 bits per heavy atom. The first-order valence-corrected chi connectivity index (χ1v) is 9.09. The molecule has 126 valence electrons. The summed E-state index contributed by atoms with van der Waals surface area (Å²) < 4.78 is 26.0. The average molecular weight is 330 g/mol. The highest BCUT2D eigenvalue weighted by atomic mass is 32.2. The van der Waals surface area contributed by atoms with Gasteiger partial charge in [0.05, 0.1) is 18.5 Å². The Bertz CT molecular complexity index is 629. The molecule has 22 heavy (non-hydrogen) atoms. The van der Waals surface area contributed by atoms with E-state index >= 15 is 0 Å². The number of nitrogens with one attached hydrogen (secondary N) is 1. The summed E-state index contributed by atoms with van der Waals surface area (Å²) in [5, 5.41) is 7.09. The molecule has 1 heterocycles. The fourth-order valence-corrected chi connectivity index (χ4v) is 2.77. The highest BCUT2D eigenvalue weighted by molar-refractivity contribution is 7.88. The van der Waals surface area contributed by atoms with Crippen LogP contribution in [0.5, 0.6) is 0 Å². The Kier molecular flexibility index (Phi) is 5.75. The van der Waals surface area contributed by atoms with Gasteiger partial charge < -0.3 is 5.32 Å². The summed E-state index contributed by atoms with van der Waals surface area (Å²) in [5.74, 6) is 0.183. The number of hydrogen-bond donors (Lipinski definition) is 1. The molecular formula is C14H26N4O3S. The Morgan fingerprint density at radius 1 is 1.41 bits per heavy atom. The molecular weight excluding hydrogens is 304 g/mol. The van der Waals surface area contributed by atoms with Gasteiger partial charge in [-0.1, -0.05) is 27.7 Å². The van der Waals surface area contributed by atoms with Crippen LogP contribution in [0.15, 0.2) is 6.07 Å². The first-order chi connectivity index (χ1) is 9.95. The van der Waals surface area contributed by atoms with Crippen LogP contribution in [0.4, 0.5) is 5.82 Å². The predicted molar refractivity (Wildman–Crippen MR) is 87.2 cm³/mol. The highest BCUT2D eigenvalue weighted by Crippen LogP contribution is 2.23. The number of sulfonamides is 1. The lowest BCUT2D eigenvalue weighted by Crippen LogP contribution is -2.38. The Balaban J connectivity index is 2.83. The maximum Gasteiger partial charge on any atom is 0.240 e. The van der Waals surface area contributed by atoms with E-state index in [4.69, 9.17) is 0 Å². The van der Waals surface area contributed by atoms with Gasteiger partial charge in [0.1, 0.15) is 5.82 Å². The zero-order valence-corrected chi connectivity index (χ0v) is 15.0. The van der Waals surface area contributed by atoms with Gasteiger partial charge in [-0.3, -0.25) is 9.48 Å². The van der Waals surface area contributed by atoms with E-state index in [9.17, 15) is 13.2 Å². The van der Waals surface area contributed by atoms with Gasteiger partial charge in [-0.05, 0) is 6.42 Å². The number of aryl methyl sites for hydroxylation is 1. The quantitative estimate of drug-likeness (QED) is 0.853. The maximum atomic E-state index is 12.1. The average Bonchev–Trinajstić information content (AvgIpc) is 2.69. The maximum absolute atomic E-state index is 12.1. The molecule has 0 aliphatic carbocycles. The SMILES string of the molecule is CCCN(CC(=O)Nc1cc(C(C)(C)C)nn1C)S(C)(=O)=O. The van der Waals surface area contributed by atoms with E-state index in [1.54, 1.807) is 11.7 Å². The molecule has 0 saturated carbocycles. The molecule has 0 saturated heterocycles. The second kappa shape index (κ2) is 6.78. The van der Waals surface area contributed by atoms with Crippen LogP contribution in [0.3, 0.4) is 0 Å². The van der Waals surface area contributed by atoms with E-state index in [2.05, 4.69) is 10.4 Å². The van der Waals surface area contributed by atoms with Crippen molar-refractivity contribution in [1.29, 1.82) is 0 Å². The van der Waals surface area contributed by atoms with Crippen LogP contribution in [0.2, 0.25) is 0 Å². The van der Waals surface area contributed by atoms with Crippen molar-refractivity contribution in [3.63, 3.8) is 0 Å². The molecule has 0 bridgehead atoms. The van der Waals surface area contributed by atoms with Crippen LogP contribution in [0.25, 0.3) is 0 Å². The van der Waals surface area contributed by atoms with Crippen molar-refractivity contribution >= 4 is 21.7 Å². The molecule has 1 N–H and O–H groups in total. The van der Waals surface area contributed by atoms with Gasteiger partial charge in [-0.2, -0.15) is 9.40 Å². The molecule has 0 radical (unpaired) electrons. The topological polar surface area (TPSA) is 84.3 Å². The lowest BCUT2D eigenvalue weighted by molar-refractivity contribution is -0.116. The first kappa shape index (κ1) is 18.6. The third kappa shape index (κ3) is 5.10. The van der Waals surface area contributed by atoms with E-state index in [1.807, 2.05) is 33.8 Å². The summed E-state index contributed by atoms with van der Waals surface area (Å²) in [7, 11) is -1.65. The Labute approximate surface area is 132 Å². The van der Waals surface area contributed by atoms with Crippen LogP contribution < -0.4 is 5.32 Å². The summed E-state index contributed by atoms with van der Waals surface area (Å²) in [4.78, 5) is 12.1. The van der Waals surface area contributed by atoms with Gasteiger partial charge in [0, 0.05) is 25.1 Å². The molecule has 1 aromatic heterocycles. The highest BCUT2D eigenvalue weighted by Gasteiger charge is 2.22. The van der Waals surface area contributed by atoms with Crippen LogP contribution >= 0.6 is 0 Å². The van der Waals surface area contributed by atoms with Gasteiger partial charge in [-0.25, -0.2) is 8.42 Å². The van der Waals surface area contributed by atoms with E-state index < -0.39 is 10.0 Å². The van der Waals surface area contributed by atoms with Crippen LogP contribution in [-0.2, 0) is 27.3 Å². The van der Waals surface area contributed by atoms with Gasteiger partial charge in [0.25, 0.3) is 0 Å². The van der Waals surface area contributed by atoms with Crippen molar-refractivity contribution in [2.45, 2.75) is 39.5 Å². The van der Waals surface area contributed by atoms with Crippen LogP contribution in [0, 0.1) is 0 Å². The number of carbonyl (C=O) groups is 1. The minimum absolute atomic E-state index is 0.123. The van der Waals surface area contributed by atoms with Crippen molar-refractivity contribution in [3.8, 4) is 0 Å². The lowest BCUT2D eigenvalue weighted by atomic mass is 9.92. The summed E-state index contributed by atoms with van der Waals surface area (Å²) in [6, 6.07) is 1.81. The number of rotatable bonds is 6. The molecule has 0 aromatic carbocycles. The summed E-state index contributed by atoms with van der Waals surface area (Å²) in [6.07, 6.45) is 1.76. The normalized spacial score (nSPS) is 12.7. The van der Waals surface area contributed by atoms with Crippen molar-refractivity contribution in [2.75, 3.05) is 24.7 Å². The fraction of sp³-hybridized carbons (Fsp3) is 0.714. The van der Waals surface area contributed by atoms with Crippen molar-refractivity contribution in [3.05, 3.63) is 11.8 Å². The number of hydrogen-bond acceptors (Lipinski definition) is 4. The summed E-state index contributed by atoms with van der Waals surface area (Å²) >= 11 is 0. The van der Waals surface area contributed by atoms with Gasteiger partial charge >= 0.3 is 0 Å². The Morgan fingerprint density at radius 2 is 2.00 bits per heavy atom. The first-order valence-electron chi connectivity index (χ1n) is 7.24. The minimum Gasteiger partial charge on any atom is -0.310 e. The Hall–Kier alpha value is -1.41. The number of nitrogens with zero attached hydrogens (tertiary/aromatic N) is 3. The lowest BCUT2D eigenvalue weighted by Gasteiger charge is -2.18. The zero-order valence-electron chi connectivity index (χ0n) is 14.2. The van der Waals surface area contributed by atoms with Crippen LogP contribution in [0.1, 0.15) is 39.8 Å². The molecule has 0 aliphatic heterocycles. The van der Waals surface area contributed by atoms with Gasteiger partial charge in [0.15, 0.2) is 0 Å². The molecule has 0 unspecified atom stereocenters. The van der Waals surface area contributed by atoms with E-state index in [0.717, 1.165) is 11.9 Å². The third-order valence-corrected chi connectivity index (χ3v) is 4.43. The predicted octanol–water partition coefficient (Wildman–Crippen LogP) is 1.33. The molecule has 8 heteroatoms. The molecule has 0 spiro atoms. The number of aromatic nitrogens is 2. The standard InChI is InChI=1S/C14H26N4O3S/c1-7-8-18(22(6,20)21)10-13(19)15-12-9-11(14(2,3)4)16-17(12)5/h9H,7-8,10H2,1-6H3,(H,15,19). The summed E-state index contributed by atoms with van der Waals surface area (Å²) in [6.45, 7) is 8.11. The van der Waals surface area contributed by atoms with E-state index in [-0.39, 0.29) is 17.9 Å². The molecule has 0 atom stereocenters. The van der Waals surface area contributed by atoms with Crippen LogP contribution in [-0.4, -0.2) is 47.8 Å². The third-order valence-electron chi connectivity index (χ3n) is 3.18. The minimum atomic E-state index is -3.39. The van der Waals surface area contributed by atoms with E-state index in [1.165, 1.54) is 4.31 Å². The van der Waals surface area contributed by atoms with Gasteiger partial charge in [0.2, 0.25) is 15.9 Å². The van der Waals surface area contributed by atoms with Crippen molar-refractivity contribution in [1.82, 2.24) is 14.1 Å². The molecule has 1 aromatic rings. The second-order valence-corrected chi connectivity index (χ2v) is 8.42. The zero-order chi connectivity index (χ0) is 17.1. The fourth-order valence-electron chi connectivity index (χ4n) is 1.90. The summed E-state index contributed by atoms with van der Waals surface area (Å²) in [5.41, 5.74) is 0.737.